The molecule has 1 amide bonds. The van der Waals surface area contributed by atoms with Gasteiger partial charge < -0.3 is 15.5 Å². The predicted octanol–water partition coefficient (Wildman–Crippen LogP) is 5.87. The van der Waals surface area contributed by atoms with Crippen LogP contribution >= 0.6 is 11.6 Å². The van der Waals surface area contributed by atoms with Crippen LogP contribution < -0.4 is 5.32 Å². The highest BCUT2D eigenvalue weighted by Crippen LogP contribution is 2.35. The Balaban J connectivity index is 1.82. The molecule has 0 saturated heterocycles. The van der Waals surface area contributed by atoms with Crippen LogP contribution in [0, 0.1) is 0 Å². The number of anilines is 1. The van der Waals surface area contributed by atoms with Crippen LogP contribution in [0.4, 0.5) is 5.69 Å². The molecule has 4 nitrogen and oxygen atoms in total. The van der Waals surface area contributed by atoms with Gasteiger partial charge in [0.05, 0.1) is 16.3 Å². The SMILES string of the molecule is C=C(O)c1ccc(NC(=O)c2cc(C3CCCCC3)ccc2O)c(Cl)c1. The fraction of sp³-hybridized carbons (Fsp3) is 0.286. The number of rotatable bonds is 4. The third-order valence-corrected chi connectivity index (χ3v) is 5.21. The van der Waals surface area contributed by atoms with Crippen molar-refractivity contribution in [3.8, 4) is 5.75 Å². The summed E-state index contributed by atoms with van der Waals surface area (Å²) in [5.41, 5.74) is 2.21. The number of benzene rings is 2. The van der Waals surface area contributed by atoms with Gasteiger partial charge in [-0.1, -0.05) is 43.5 Å². The van der Waals surface area contributed by atoms with Crippen LogP contribution in [-0.4, -0.2) is 16.1 Å². The number of halogens is 1. The fourth-order valence-electron chi connectivity index (χ4n) is 3.41. The average Bonchev–Trinajstić information content (AvgIpc) is 2.64. The Labute approximate surface area is 158 Å². The van der Waals surface area contributed by atoms with Crippen LogP contribution in [0.5, 0.6) is 5.75 Å². The Hall–Kier alpha value is -2.46. The standard InChI is InChI=1S/C21H22ClNO3/c1-13(24)15-7-9-19(18(22)12-15)23-21(26)17-11-16(8-10-20(17)25)14-5-3-2-4-6-14/h7-12,14,24-25H,1-6H2,(H,23,26). The minimum absolute atomic E-state index is 0.0569. The van der Waals surface area contributed by atoms with E-state index in [-0.39, 0.29) is 22.1 Å². The third-order valence-electron chi connectivity index (χ3n) is 4.89. The van der Waals surface area contributed by atoms with E-state index in [9.17, 15) is 15.0 Å². The number of amides is 1. The summed E-state index contributed by atoms with van der Waals surface area (Å²) in [5.74, 6) is -0.131. The van der Waals surface area contributed by atoms with E-state index in [0.29, 0.717) is 17.2 Å². The topological polar surface area (TPSA) is 69.6 Å². The summed E-state index contributed by atoms with van der Waals surface area (Å²) in [5, 5.41) is 22.6. The molecule has 0 heterocycles. The van der Waals surface area contributed by atoms with E-state index >= 15 is 0 Å². The van der Waals surface area contributed by atoms with Gasteiger partial charge in [0.25, 0.3) is 5.91 Å². The van der Waals surface area contributed by atoms with Gasteiger partial charge >= 0.3 is 0 Å². The molecule has 2 aromatic carbocycles. The lowest BCUT2D eigenvalue weighted by atomic mass is 9.83. The number of nitrogens with one attached hydrogen (secondary N) is 1. The van der Waals surface area contributed by atoms with E-state index in [1.54, 1.807) is 24.3 Å². The van der Waals surface area contributed by atoms with Crippen LogP contribution in [0.2, 0.25) is 5.02 Å². The first kappa shape index (κ1) is 18.3. The van der Waals surface area contributed by atoms with E-state index in [1.807, 2.05) is 6.07 Å². The molecular formula is C21H22ClNO3. The summed E-state index contributed by atoms with van der Waals surface area (Å²) in [6.07, 6.45) is 5.89. The van der Waals surface area contributed by atoms with Gasteiger partial charge in [-0.25, -0.2) is 0 Å². The summed E-state index contributed by atoms with van der Waals surface area (Å²) < 4.78 is 0. The normalized spacial score (nSPS) is 14.8. The van der Waals surface area contributed by atoms with Crippen LogP contribution in [0.1, 0.15) is 59.5 Å². The minimum Gasteiger partial charge on any atom is -0.508 e. The van der Waals surface area contributed by atoms with Crippen molar-refractivity contribution in [2.45, 2.75) is 38.0 Å². The van der Waals surface area contributed by atoms with Crippen molar-refractivity contribution in [2.75, 3.05) is 5.32 Å². The van der Waals surface area contributed by atoms with E-state index in [4.69, 9.17) is 11.6 Å². The zero-order valence-corrected chi connectivity index (χ0v) is 15.2. The van der Waals surface area contributed by atoms with Crippen LogP contribution in [-0.2, 0) is 0 Å². The Bertz CT molecular complexity index is 841. The molecule has 3 N–H and O–H groups in total. The Kier molecular flexibility index (Phi) is 5.52. The fourth-order valence-corrected chi connectivity index (χ4v) is 3.64. The van der Waals surface area contributed by atoms with Crippen molar-refractivity contribution in [2.24, 2.45) is 0 Å². The number of phenolic OH excluding ortho intramolecular Hbond substituents is 1. The Morgan fingerprint density at radius 2 is 1.85 bits per heavy atom. The van der Waals surface area contributed by atoms with Gasteiger partial charge in [0.1, 0.15) is 11.5 Å². The van der Waals surface area contributed by atoms with Crippen molar-refractivity contribution in [3.63, 3.8) is 0 Å². The molecule has 0 bridgehead atoms. The maximum atomic E-state index is 12.6. The highest BCUT2D eigenvalue weighted by Gasteiger charge is 2.19. The molecule has 2 aromatic rings. The number of phenols is 1. The Morgan fingerprint density at radius 1 is 1.12 bits per heavy atom. The van der Waals surface area contributed by atoms with Crippen molar-refractivity contribution >= 4 is 29.0 Å². The predicted molar refractivity (Wildman–Crippen MR) is 105 cm³/mol. The van der Waals surface area contributed by atoms with E-state index in [2.05, 4.69) is 11.9 Å². The van der Waals surface area contributed by atoms with Gasteiger partial charge in [-0.15, -0.1) is 0 Å². The lowest BCUT2D eigenvalue weighted by molar-refractivity contribution is 0.102. The third kappa shape index (κ3) is 4.02. The van der Waals surface area contributed by atoms with Crippen molar-refractivity contribution in [3.05, 3.63) is 64.7 Å². The number of carbonyl (C=O) groups is 1. The Morgan fingerprint density at radius 3 is 2.50 bits per heavy atom. The molecule has 1 aliphatic rings. The molecule has 26 heavy (non-hydrogen) atoms. The number of aromatic hydroxyl groups is 1. The van der Waals surface area contributed by atoms with E-state index < -0.39 is 5.91 Å². The lowest BCUT2D eigenvalue weighted by Gasteiger charge is -2.22. The molecule has 1 saturated carbocycles. The number of carbonyl (C=O) groups excluding carboxylic acids is 1. The second-order valence-electron chi connectivity index (χ2n) is 6.71. The zero-order chi connectivity index (χ0) is 18.7. The monoisotopic (exact) mass is 371 g/mol. The second-order valence-corrected chi connectivity index (χ2v) is 7.11. The van der Waals surface area contributed by atoms with Gasteiger partial charge in [0.2, 0.25) is 0 Å². The number of aliphatic hydroxyl groups is 1. The van der Waals surface area contributed by atoms with Crippen molar-refractivity contribution in [1.29, 1.82) is 0 Å². The van der Waals surface area contributed by atoms with Gasteiger partial charge in [0, 0.05) is 5.56 Å². The highest BCUT2D eigenvalue weighted by atomic mass is 35.5. The number of aliphatic hydroxyl groups excluding tert-OH is 1. The molecule has 0 aromatic heterocycles. The molecule has 136 valence electrons. The van der Waals surface area contributed by atoms with Gasteiger partial charge in [-0.3, -0.25) is 4.79 Å². The molecule has 5 heteroatoms. The minimum atomic E-state index is -0.419. The molecule has 0 spiro atoms. The van der Waals surface area contributed by atoms with Crippen LogP contribution in [0.3, 0.4) is 0 Å². The second kappa shape index (κ2) is 7.83. The first-order valence-electron chi connectivity index (χ1n) is 8.78. The summed E-state index contributed by atoms with van der Waals surface area (Å²) >= 11 is 6.17. The highest BCUT2D eigenvalue weighted by molar-refractivity contribution is 6.34. The van der Waals surface area contributed by atoms with Gasteiger partial charge in [0.15, 0.2) is 0 Å². The zero-order valence-electron chi connectivity index (χ0n) is 14.5. The number of hydrogen-bond donors (Lipinski definition) is 3. The molecule has 1 aliphatic carbocycles. The summed E-state index contributed by atoms with van der Waals surface area (Å²) in [4.78, 5) is 12.6. The summed E-state index contributed by atoms with van der Waals surface area (Å²) in [7, 11) is 0. The van der Waals surface area contributed by atoms with Gasteiger partial charge in [-0.2, -0.15) is 0 Å². The van der Waals surface area contributed by atoms with Crippen molar-refractivity contribution in [1.82, 2.24) is 0 Å². The van der Waals surface area contributed by atoms with Crippen molar-refractivity contribution < 1.29 is 15.0 Å². The molecule has 0 aliphatic heterocycles. The van der Waals surface area contributed by atoms with Gasteiger partial charge in [-0.05, 0) is 54.7 Å². The average molecular weight is 372 g/mol. The van der Waals surface area contributed by atoms with E-state index in [1.165, 1.54) is 25.3 Å². The molecule has 0 unspecified atom stereocenters. The first-order chi connectivity index (χ1) is 12.5. The molecule has 0 radical (unpaired) electrons. The van der Waals surface area contributed by atoms with E-state index in [0.717, 1.165) is 18.4 Å². The molecule has 0 atom stereocenters. The molecule has 1 fully saturated rings. The summed E-state index contributed by atoms with van der Waals surface area (Å²) in [6.45, 7) is 3.45. The summed E-state index contributed by atoms with van der Waals surface area (Å²) in [6, 6.07) is 9.99. The lowest BCUT2D eigenvalue weighted by Crippen LogP contribution is -2.14. The largest absolute Gasteiger partial charge is 0.508 e. The number of hydrogen-bond acceptors (Lipinski definition) is 3. The maximum Gasteiger partial charge on any atom is 0.259 e. The molecule has 3 rings (SSSR count). The smallest absolute Gasteiger partial charge is 0.259 e. The maximum absolute atomic E-state index is 12.6. The quantitative estimate of drug-likeness (QED) is 0.588. The van der Waals surface area contributed by atoms with Crippen LogP contribution in [0.15, 0.2) is 43.0 Å². The molecular weight excluding hydrogens is 350 g/mol. The first-order valence-corrected chi connectivity index (χ1v) is 9.15. The van der Waals surface area contributed by atoms with Crippen LogP contribution in [0.25, 0.3) is 5.76 Å².